The normalized spacial score (nSPS) is 18.0. The first kappa shape index (κ1) is 14.7. The molecule has 1 aliphatic rings. The van der Waals surface area contributed by atoms with E-state index >= 15 is 0 Å². The lowest BCUT2D eigenvalue weighted by Gasteiger charge is -2.28. The van der Waals surface area contributed by atoms with Crippen molar-refractivity contribution >= 4 is 5.91 Å². The molecule has 2 N–H and O–H groups in total. The highest BCUT2D eigenvalue weighted by atomic mass is 16.5. The van der Waals surface area contributed by atoms with Crippen molar-refractivity contribution in [2.24, 2.45) is 0 Å². The minimum Gasteiger partial charge on any atom is -0.507 e. The number of ether oxygens (including phenoxy) is 1. The number of benzene rings is 1. The van der Waals surface area contributed by atoms with Crippen LogP contribution in [0.3, 0.4) is 0 Å². The number of carbonyl (C=O) groups is 1. The van der Waals surface area contributed by atoms with E-state index in [0.29, 0.717) is 17.9 Å². The van der Waals surface area contributed by atoms with E-state index in [1.807, 2.05) is 4.90 Å². The molecule has 1 aromatic rings. The molecule has 0 bridgehead atoms. The number of nitrogens with one attached hydrogen (secondary N) is 1. The summed E-state index contributed by atoms with van der Waals surface area (Å²) in [6, 6.07) is 5.01. The number of phenols is 1. The molecule has 0 aromatic heterocycles. The first-order valence-electron chi connectivity index (χ1n) is 7.06. The maximum Gasteiger partial charge on any atom is 0.257 e. The molecule has 0 saturated carbocycles. The van der Waals surface area contributed by atoms with Gasteiger partial charge < -0.3 is 20.1 Å². The highest BCUT2D eigenvalue weighted by Gasteiger charge is 2.28. The number of methoxy groups -OCH3 is 1. The van der Waals surface area contributed by atoms with Gasteiger partial charge in [0.15, 0.2) is 0 Å². The Balaban J connectivity index is 2.22. The van der Waals surface area contributed by atoms with Gasteiger partial charge in [-0.25, -0.2) is 0 Å². The number of rotatable bonds is 5. The van der Waals surface area contributed by atoms with Gasteiger partial charge in [0.1, 0.15) is 11.5 Å². The van der Waals surface area contributed by atoms with Crippen molar-refractivity contribution in [1.29, 1.82) is 0 Å². The maximum atomic E-state index is 12.6. The lowest BCUT2D eigenvalue weighted by molar-refractivity contribution is 0.0689. The zero-order chi connectivity index (χ0) is 14.5. The molecule has 110 valence electrons. The lowest BCUT2D eigenvalue weighted by Crippen LogP contribution is -2.42. The van der Waals surface area contributed by atoms with E-state index in [-0.39, 0.29) is 17.7 Å². The summed E-state index contributed by atoms with van der Waals surface area (Å²) < 4.78 is 5.04. The van der Waals surface area contributed by atoms with Crippen molar-refractivity contribution < 1.29 is 14.6 Å². The van der Waals surface area contributed by atoms with Crippen molar-refractivity contribution in [3.63, 3.8) is 0 Å². The largest absolute Gasteiger partial charge is 0.507 e. The quantitative estimate of drug-likeness (QED) is 0.859. The van der Waals surface area contributed by atoms with Crippen LogP contribution in [0.2, 0.25) is 0 Å². The summed E-state index contributed by atoms with van der Waals surface area (Å²) in [7, 11) is 1.53. The second-order valence-electron chi connectivity index (χ2n) is 5.03. The van der Waals surface area contributed by atoms with Gasteiger partial charge in [0.25, 0.3) is 5.91 Å². The molecule has 0 spiro atoms. The Morgan fingerprint density at radius 2 is 2.35 bits per heavy atom. The molecule has 1 aliphatic heterocycles. The molecule has 5 nitrogen and oxygen atoms in total. The average Bonchev–Trinajstić information content (AvgIpc) is 2.97. The number of carbonyl (C=O) groups excluding carboxylic acids is 1. The molecule has 0 aliphatic carbocycles. The van der Waals surface area contributed by atoms with Gasteiger partial charge in [0, 0.05) is 25.2 Å². The summed E-state index contributed by atoms with van der Waals surface area (Å²) in [4.78, 5) is 14.5. The second kappa shape index (κ2) is 6.61. The average molecular weight is 278 g/mol. The van der Waals surface area contributed by atoms with Crippen molar-refractivity contribution in [3.8, 4) is 11.5 Å². The molecule has 20 heavy (non-hydrogen) atoms. The van der Waals surface area contributed by atoms with Gasteiger partial charge in [-0.2, -0.15) is 0 Å². The van der Waals surface area contributed by atoms with Crippen LogP contribution in [0.25, 0.3) is 0 Å². The zero-order valence-corrected chi connectivity index (χ0v) is 12.1. The Kier molecular flexibility index (Phi) is 4.84. The Morgan fingerprint density at radius 3 is 2.90 bits per heavy atom. The van der Waals surface area contributed by atoms with Crippen LogP contribution in [0, 0.1) is 0 Å². The smallest absolute Gasteiger partial charge is 0.257 e. The molecule has 5 heteroatoms. The summed E-state index contributed by atoms with van der Waals surface area (Å²) in [5.74, 6) is 0.408. The Morgan fingerprint density at radius 1 is 1.55 bits per heavy atom. The highest BCUT2D eigenvalue weighted by Crippen LogP contribution is 2.26. The van der Waals surface area contributed by atoms with Gasteiger partial charge in [0.2, 0.25) is 0 Å². The molecule has 1 unspecified atom stereocenters. The second-order valence-corrected chi connectivity index (χ2v) is 5.03. The van der Waals surface area contributed by atoms with Crippen molar-refractivity contribution in [2.45, 2.75) is 25.8 Å². The SMILES string of the molecule is CCCN(C(=O)c1ccc(OC)cc1O)C1CCNC1. The highest BCUT2D eigenvalue weighted by molar-refractivity contribution is 5.97. The Bertz CT molecular complexity index is 470. The number of nitrogens with zero attached hydrogens (tertiary/aromatic N) is 1. The van der Waals surface area contributed by atoms with Crippen LogP contribution in [-0.2, 0) is 0 Å². The van der Waals surface area contributed by atoms with Crippen LogP contribution < -0.4 is 10.1 Å². The minimum absolute atomic E-state index is 0.0265. The van der Waals surface area contributed by atoms with E-state index in [1.165, 1.54) is 13.2 Å². The van der Waals surface area contributed by atoms with E-state index in [2.05, 4.69) is 12.2 Å². The van der Waals surface area contributed by atoms with Gasteiger partial charge in [-0.1, -0.05) is 6.92 Å². The fourth-order valence-electron chi connectivity index (χ4n) is 2.57. The predicted molar refractivity (Wildman–Crippen MR) is 77.3 cm³/mol. The van der Waals surface area contributed by atoms with Crippen molar-refractivity contribution in [1.82, 2.24) is 10.2 Å². The maximum absolute atomic E-state index is 12.6. The molecule has 1 atom stereocenters. The summed E-state index contributed by atoms with van der Waals surface area (Å²) >= 11 is 0. The number of phenolic OH excluding ortho intramolecular Hbond substituents is 1. The van der Waals surface area contributed by atoms with E-state index in [0.717, 1.165) is 25.9 Å². The summed E-state index contributed by atoms with van der Waals surface area (Å²) in [6.45, 7) is 4.52. The van der Waals surface area contributed by atoms with Gasteiger partial charge in [-0.05, 0) is 31.5 Å². The monoisotopic (exact) mass is 278 g/mol. The lowest BCUT2D eigenvalue weighted by atomic mass is 10.1. The molecule has 1 saturated heterocycles. The fraction of sp³-hybridized carbons (Fsp3) is 0.533. The molecule has 1 heterocycles. The van der Waals surface area contributed by atoms with E-state index in [1.54, 1.807) is 12.1 Å². The fourth-order valence-corrected chi connectivity index (χ4v) is 2.57. The van der Waals surface area contributed by atoms with Crippen LogP contribution in [0.1, 0.15) is 30.1 Å². The summed E-state index contributed by atoms with van der Waals surface area (Å²) in [5, 5.41) is 13.3. The number of hydrogen-bond acceptors (Lipinski definition) is 4. The molecule has 0 radical (unpaired) electrons. The van der Waals surface area contributed by atoms with Crippen LogP contribution in [0.15, 0.2) is 18.2 Å². The summed E-state index contributed by atoms with van der Waals surface area (Å²) in [5.41, 5.74) is 0.339. The Labute approximate surface area is 119 Å². The first-order chi connectivity index (χ1) is 9.67. The molecular formula is C15H22N2O3. The third-order valence-corrected chi connectivity index (χ3v) is 3.64. The molecule has 1 fully saturated rings. The van der Waals surface area contributed by atoms with E-state index < -0.39 is 0 Å². The third kappa shape index (κ3) is 3.04. The molecular weight excluding hydrogens is 256 g/mol. The van der Waals surface area contributed by atoms with Gasteiger partial charge >= 0.3 is 0 Å². The number of hydrogen-bond donors (Lipinski definition) is 2. The van der Waals surface area contributed by atoms with E-state index in [4.69, 9.17) is 4.74 Å². The van der Waals surface area contributed by atoms with Crippen LogP contribution in [-0.4, -0.2) is 48.7 Å². The topological polar surface area (TPSA) is 61.8 Å². The van der Waals surface area contributed by atoms with E-state index in [9.17, 15) is 9.90 Å². The first-order valence-corrected chi connectivity index (χ1v) is 7.06. The standard InChI is InChI=1S/C15H22N2O3/c1-3-8-17(11-6-7-16-10-11)15(19)13-5-4-12(20-2)9-14(13)18/h4-5,9,11,16,18H,3,6-8,10H2,1-2H3. The van der Waals surface area contributed by atoms with Crippen molar-refractivity contribution in [2.75, 3.05) is 26.7 Å². The number of aromatic hydroxyl groups is 1. The van der Waals surface area contributed by atoms with Crippen LogP contribution in [0.4, 0.5) is 0 Å². The van der Waals surface area contributed by atoms with Crippen molar-refractivity contribution in [3.05, 3.63) is 23.8 Å². The molecule has 2 rings (SSSR count). The van der Waals surface area contributed by atoms with Crippen LogP contribution in [0.5, 0.6) is 11.5 Å². The predicted octanol–water partition coefficient (Wildman–Crippen LogP) is 1.61. The third-order valence-electron chi connectivity index (χ3n) is 3.64. The number of amides is 1. The van der Waals surface area contributed by atoms with Crippen LogP contribution >= 0.6 is 0 Å². The zero-order valence-electron chi connectivity index (χ0n) is 12.1. The summed E-state index contributed by atoms with van der Waals surface area (Å²) in [6.07, 6.45) is 1.86. The Hall–Kier alpha value is -1.75. The molecule has 1 amide bonds. The van der Waals surface area contributed by atoms with Gasteiger partial charge in [-0.3, -0.25) is 4.79 Å². The molecule has 1 aromatic carbocycles. The van der Waals surface area contributed by atoms with Gasteiger partial charge in [0.05, 0.1) is 12.7 Å². The minimum atomic E-state index is -0.110. The van der Waals surface area contributed by atoms with Gasteiger partial charge in [-0.15, -0.1) is 0 Å².